The number of hydrogen-bond acceptors (Lipinski definition) is 6. The van der Waals surface area contributed by atoms with Crippen LogP contribution in [-0.2, 0) is 10.0 Å². The third kappa shape index (κ3) is 4.13. The summed E-state index contributed by atoms with van der Waals surface area (Å²) >= 11 is 5.94. The Morgan fingerprint density at radius 3 is 2.64 bits per heavy atom. The van der Waals surface area contributed by atoms with E-state index in [0.717, 1.165) is 34.2 Å². The van der Waals surface area contributed by atoms with E-state index in [0.29, 0.717) is 36.0 Å². The Morgan fingerprint density at radius 2 is 1.83 bits per heavy atom. The van der Waals surface area contributed by atoms with Gasteiger partial charge in [-0.05, 0) is 67.9 Å². The van der Waals surface area contributed by atoms with Crippen LogP contribution in [0.2, 0.25) is 5.02 Å². The maximum atomic E-state index is 13.2. The number of nitrogens with zero attached hydrogens (tertiary/aromatic N) is 3. The summed E-state index contributed by atoms with van der Waals surface area (Å²) in [6, 6.07) is 17.8. The van der Waals surface area contributed by atoms with Crippen molar-refractivity contribution in [3.8, 4) is 34.1 Å². The number of hydrogen-bond donors (Lipinski definition) is 1. The van der Waals surface area contributed by atoms with Gasteiger partial charge in [-0.2, -0.15) is 4.31 Å². The van der Waals surface area contributed by atoms with E-state index in [1.807, 2.05) is 43.3 Å². The van der Waals surface area contributed by atoms with Crippen molar-refractivity contribution in [3.05, 3.63) is 77.2 Å². The van der Waals surface area contributed by atoms with E-state index >= 15 is 0 Å². The fourth-order valence-electron chi connectivity index (χ4n) is 4.63. The number of aryl methyl sites for hydroxylation is 1. The topological polar surface area (TPSA) is 97.4 Å². The number of rotatable bonds is 5. The predicted molar refractivity (Wildman–Crippen MR) is 136 cm³/mol. The molecule has 2 aliphatic heterocycles. The van der Waals surface area contributed by atoms with Crippen LogP contribution in [0.25, 0.3) is 22.6 Å². The number of ether oxygens (including phenoxy) is 2. The number of halogens is 1. The normalized spacial score (nSPS) is 17.6. The Kier molecular flexibility index (Phi) is 5.70. The van der Waals surface area contributed by atoms with Crippen molar-refractivity contribution < 1.29 is 17.9 Å². The van der Waals surface area contributed by atoms with Gasteiger partial charge in [0.05, 0.1) is 22.0 Å². The number of nitrogens with one attached hydrogen (secondary N) is 1. The lowest BCUT2D eigenvalue weighted by atomic mass is 10.1. The third-order valence-corrected chi connectivity index (χ3v) is 8.63. The van der Waals surface area contributed by atoms with E-state index in [2.05, 4.69) is 4.98 Å². The molecule has 2 aromatic carbocycles. The summed E-state index contributed by atoms with van der Waals surface area (Å²) in [6.07, 6.45) is 0.654. The number of pyridine rings is 1. The quantitative estimate of drug-likeness (QED) is 0.396. The summed E-state index contributed by atoms with van der Waals surface area (Å²) in [4.78, 5) is 13.4. The first-order valence-corrected chi connectivity index (χ1v) is 13.4. The van der Waals surface area contributed by atoms with E-state index in [-0.39, 0.29) is 17.6 Å². The van der Waals surface area contributed by atoms with Crippen molar-refractivity contribution in [2.24, 2.45) is 0 Å². The first-order valence-electron chi connectivity index (χ1n) is 11.6. The number of imidazole rings is 1. The van der Waals surface area contributed by atoms with E-state index in [9.17, 15) is 8.42 Å². The SMILES string of the molecule is Cc1cccc(-c2[nH]c(C3CCN(S(=O)(=O)c4ccc(Cl)cc4)C3)nc2-c2ccc3c(c2)OCO3)n1. The molecular weight excluding hydrogens is 500 g/mol. The molecule has 1 unspecified atom stereocenters. The molecule has 0 spiro atoms. The molecule has 8 nitrogen and oxygen atoms in total. The molecule has 0 amide bonds. The molecule has 0 bridgehead atoms. The molecule has 1 N–H and O–H groups in total. The van der Waals surface area contributed by atoms with Gasteiger partial charge < -0.3 is 14.5 Å². The highest BCUT2D eigenvalue weighted by Crippen LogP contribution is 2.40. The number of aromatic nitrogens is 3. The molecule has 4 aromatic rings. The van der Waals surface area contributed by atoms with E-state index in [1.165, 1.54) is 16.4 Å². The van der Waals surface area contributed by atoms with Crippen molar-refractivity contribution in [1.82, 2.24) is 19.3 Å². The van der Waals surface area contributed by atoms with E-state index in [1.54, 1.807) is 12.1 Å². The molecule has 2 aromatic heterocycles. The summed E-state index contributed by atoms with van der Waals surface area (Å²) in [5.74, 6) is 2.01. The Morgan fingerprint density at radius 1 is 1.03 bits per heavy atom. The molecule has 36 heavy (non-hydrogen) atoms. The van der Waals surface area contributed by atoms with Crippen LogP contribution in [0.5, 0.6) is 11.5 Å². The van der Waals surface area contributed by atoms with Crippen molar-refractivity contribution in [3.63, 3.8) is 0 Å². The molecule has 1 fully saturated rings. The Balaban J connectivity index is 1.36. The Labute approximate surface area is 213 Å². The third-order valence-electron chi connectivity index (χ3n) is 6.50. The Hall–Kier alpha value is -3.40. The highest BCUT2D eigenvalue weighted by molar-refractivity contribution is 7.89. The standard InChI is InChI=1S/C26H23ClN4O4S/c1-16-3-2-4-21(28-16)25-24(17-5-10-22-23(13-17)35-15-34-22)29-26(30-25)18-11-12-31(14-18)36(32,33)20-8-6-19(27)7-9-20/h2-10,13,18H,11-12,14-15H2,1H3,(H,29,30). The summed E-state index contributed by atoms with van der Waals surface area (Å²) in [5.41, 5.74) is 4.04. The molecule has 1 atom stereocenters. The van der Waals surface area contributed by atoms with Gasteiger partial charge in [-0.25, -0.2) is 13.4 Å². The highest BCUT2D eigenvalue weighted by atomic mass is 35.5. The maximum Gasteiger partial charge on any atom is 0.243 e. The van der Waals surface area contributed by atoms with Crippen LogP contribution in [-0.4, -0.2) is 47.6 Å². The number of fused-ring (bicyclic) bond motifs is 1. The largest absolute Gasteiger partial charge is 0.454 e. The fourth-order valence-corrected chi connectivity index (χ4v) is 6.26. The average molecular weight is 523 g/mol. The van der Waals surface area contributed by atoms with Crippen molar-refractivity contribution in [1.29, 1.82) is 0 Å². The highest BCUT2D eigenvalue weighted by Gasteiger charge is 2.35. The molecule has 4 heterocycles. The number of benzene rings is 2. The van der Waals surface area contributed by atoms with Crippen LogP contribution in [0.4, 0.5) is 0 Å². The number of sulfonamides is 1. The van der Waals surface area contributed by atoms with Crippen LogP contribution in [0.15, 0.2) is 65.6 Å². The van der Waals surface area contributed by atoms with Crippen LogP contribution < -0.4 is 9.47 Å². The zero-order chi connectivity index (χ0) is 24.9. The first-order chi connectivity index (χ1) is 17.4. The van der Waals surface area contributed by atoms with Crippen molar-refractivity contribution in [2.75, 3.05) is 19.9 Å². The fraction of sp³-hybridized carbons (Fsp3) is 0.231. The van der Waals surface area contributed by atoms with Crippen LogP contribution >= 0.6 is 11.6 Å². The smallest absolute Gasteiger partial charge is 0.243 e. The second-order valence-corrected chi connectivity index (χ2v) is 11.3. The molecule has 0 aliphatic carbocycles. The molecule has 1 saturated heterocycles. The summed E-state index contributed by atoms with van der Waals surface area (Å²) in [7, 11) is -3.63. The van der Waals surface area contributed by atoms with Crippen molar-refractivity contribution in [2.45, 2.75) is 24.2 Å². The van der Waals surface area contributed by atoms with Gasteiger partial charge in [-0.1, -0.05) is 17.7 Å². The molecule has 0 radical (unpaired) electrons. The van der Waals surface area contributed by atoms with Gasteiger partial charge in [0.15, 0.2) is 11.5 Å². The first kappa shape index (κ1) is 23.0. The number of H-pyrrole nitrogens is 1. The summed E-state index contributed by atoms with van der Waals surface area (Å²) < 4.78 is 38.9. The van der Waals surface area contributed by atoms with Crippen LogP contribution in [0.1, 0.15) is 23.9 Å². The maximum absolute atomic E-state index is 13.2. The monoisotopic (exact) mass is 522 g/mol. The van der Waals surface area contributed by atoms with Gasteiger partial charge in [-0.3, -0.25) is 4.98 Å². The van der Waals surface area contributed by atoms with E-state index < -0.39 is 10.0 Å². The molecule has 2 aliphatic rings. The minimum atomic E-state index is -3.63. The lowest BCUT2D eigenvalue weighted by molar-refractivity contribution is 0.174. The Bertz CT molecular complexity index is 1550. The van der Waals surface area contributed by atoms with Crippen molar-refractivity contribution >= 4 is 21.6 Å². The zero-order valence-corrected chi connectivity index (χ0v) is 21.0. The summed E-state index contributed by atoms with van der Waals surface area (Å²) in [6.45, 7) is 2.88. The molecule has 184 valence electrons. The molecule has 10 heteroatoms. The molecule has 6 rings (SSSR count). The minimum Gasteiger partial charge on any atom is -0.454 e. The van der Waals surface area contributed by atoms with Gasteiger partial charge in [0.25, 0.3) is 0 Å². The molecule has 0 saturated carbocycles. The van der Waals surface area contributed by atoms with Gasteiger partial charge in [0, 0.05) is 35.3 Å². The van der Waals surface area contributed by atoms with E-state index in [4.69, 9.17) is 31.0 Å². The lowest BCUT2D eigenvalue weighted by Crippen LogP contribution is -2.28. The minimum absolute atomic E-state index is 0.0848. The van der Waals surface area contributed by atoms with Crippen LogP contribution in [0.3, 0.4) is 0 Å². The second kappa shape index (κ2) is 8.92. The van der Waals surface area contributed by atoms with Gasteiger partial charge >= 0.3 is 0 Å². The predicted octanol–water partition coefficient (Wildman–Crippen LogP) is 5.01. The second-order valence-electron chi connectivity index (χ2n) is 8.88. The number of aromatic amines is 1. The zero-order valence-electron chi connectivity index (χ0n) is 19.4. The summed E-state index contributed by atoms with van der Waals surface area (Å²) in [5, 5.41) is 0.497. The average Bonchev–Trinajstić information content (AvgIpc) is 3.63. The van der Waals surface area contributed by atoms with Crippen LogP contribution in [0, 0.1) is 6.92 Å². The van der Waals surface area contributed by atoms with Gasteiger partial charge in [0.2, 0.25) is 16.8 Å². The van der Waals surface area contributed by atoms with Gasteiger partial charge in [0.1, 0.15) is 5.82 Å². The van der Waals surface area contributed by atoms with Gasteiger partial charge in [-0.15, -0.1) is 0 Å². The molecular formula is C26H23ClN4O4S. The lowest BCUT2D eigenvalue weighted by Gasteiger charge is -2.16.